The van der Waals surface area contributed by atoms with E-state index < -0.39 is 11.7 Å². The van der Waals surface area contributed by atoms with Gasteiger partial charge in [0, 0.05) is 10.0 Å². The molecule has 0 heterocycles. The number of hydrogen-bond acceptors (Lipinski definition) is 6. The Balaban J connectivity index is 2.81. The Hall–Kier alpha value is -0.920. The summed E-state index contributed by atoms with van der Waals surface area (Å²) < 4.78 is 9.95. The summed E-state index contributed by atoms with van der Waals surface area (Å²) in [7, 11) is 1.32. The van der Waals surface area contributed by atoms with Crippen LogP contribution in [0.15, 0.2) is 17.0 Å². The molecule has 1 rings (SSSR count). The van der Waals surface area contributed by atoms with E-state index in [9.17, 15) is 9.90 Å². The average molecular weight is 394 g/mol. The molecule has 0 aromatic heterocycles. The number of carbonyl (C=O) groups is 1. The first-order chi connectivity index (χ1) is 11.5. The minimum Gasteiger partial charge on any atom is -0.870 e. The summed E-state index contributed by atoms with van der Waals surface area (Å²) in [4.78, 5) is 16.8. The SMILES string of the molecule is CCCCCCOC(=O)C(=Cc1cc(Cl)c([O-])c(Cl)c1)SOOC. The van der Waals surface area contributed by atoms with Gasteiger partial charge in [-0.15, -0.1) is 0 Å². The molecule has 1 aromatic carbocycles. The topological polar surface area (TPSA) is 67.8 Å². The lowest BCUT2D eigenvalue weighted by Gasteiger charge is -2.12. The zero-order chi connectivity index (χ0) is 17.9. The third kappa shape index (κ3) is 7.32. The highest BCUT2D eigenvalue weighted by Crippen LogP contribution is 2.32. The number of carbonyl (C=O) groups excluding carboxylic acids is 1. The number of halogens is 2. The van der Waals surface area contributed by atoms with Crippen molar-refractivity contribution in [3.8, 4) is 5.75 Å². The first kappa shape index (κ1) is 21.1. The van der Waals surface area contributed by atoms with Gasteiger partial charge in [-0.2, -0.15) is 4.33 Å². The van der Waals surface area contributed by atoms with Crippen molar-refractivity contribution in [2.45, 2.75) is 32.6 Å². The van der Waals surface area contributed by atoms with Gasteiger partial charge in [0.05, 0.1) is 25.8 Å². The number of ether oxygens (including phenoxy) is 1. The monoisotopic (exact) mass is 393 g/mol. The molecule has 0 fully saturated rings. The Morgan fingerprint density at radius 2 is 1.92 bits per heavy atom. The maximum atomic E-state index is 12.1. The van der Waals surface area contributed by atoms with Crippen LogP contribution < -0.4 is 5.11 Å². The summed E-state index contributed by atoms with van der Waals surface area (Å²) in [6.45, 7) is 2.43. The molecule has 8 heteroatoms. The van der Waals surface area contributed by atoms with Gasteiger partial charge in [0.15, 0.2) is 0 Å². The third-order valence-electron chi connectivity index (χ3n) is 2.94. The molecule has 0 aliphatic carbocycles. The van der Waals surface area contributed by atoms with Crippen molar-refractivity contribution in [2.75, 3.05) is 13.7 Å². The van der Waals surface area contributed by atoms with Crippen LogP contribution in [0.4, 0.5) is 0 Å². The van der Waals surface area contributed by atoms with Crippen LogP contribution in [0.3, 0.4) is 0 Å². The van der Waals surface area contributed by atoms with Crippen molar-refractivity contribution >= 4 is 47.3 Å². The van der Waals surface area contributed by atoms with Gasteiger partial charge < -0.3 is 9.84 Å². The predicted molar refractivity (Wildman–Crippen MR) is 94.7 cm³/mol. The van der Waals surface area contributed by atoms with Crippen molar-refractivity contribution in [1.29, 1.82) is 0 Å². The molecule has 134 valence electrons. The van der Waals surface area contributed by atoms with Crippen molar-refractivity contribution < 1.29 is 23.9 Å². The second-order valence-electron chi connectivity index (χ2n) is 4.84. The molecule has 24 heavy (non-hydrogen) atoms. The van der Waals surface area contributed by atoms with E-state index in [1.54, 1.807) is 0 Å². The summed E-state index contributed by atoms with van der Waals surface area (Å²) >= 11 is 12.3. The molecule has 0 unspecified atom stereocenters. The number of benzene rings is 1. The first-order valence-electron chi connectivity index (χ1n) is 7.41. The molecule has 0 aliphatic heterocycles. The maximum absolute atomic E-state index is 12.1. The van der Waals surface area contributed by atoms with E-state index in [1.165, 1.54) is 25.3 Å². The van der Waals surface area contributed by atoms with Gasteiger partial charge in [-0.25, -0.2) is 9.68 Å². The van der Waals surface area contributed by atoms with Gasteiger partial charge >= 0.3 is 5.97 Å². The standard InChI is InChI=1S/C16H20Cl2O5S/c1-3-4-5-6-7-22-16(20)14(24-23-21-2)10-11-8-12(17)15(19)13(18)9-11/h8-10,19H,3-7H2,1-2H3/p-1. The quantitative estimate of drug-likeness (QED) is 0.142. The van der Waals surface area contributed by atoms with E-state index in [2.05, 4.69) is 11.8 Å². The van der Waals surface area contributed by atoms with Crippen LogP contribution in [0.2, 0.25) is 10.0 Å². The van der Waals surface area contributed by atoms with Crippen LogP contribution in [0.5, 0.6) is 5.75 Å². The summed E-state index contributed by atoms with van der Waals surface area (Å²) in [5.41, 5.74) is 0.481. The third-order valence-corrected chi connectivity index (χ3v) is 4.17. The molecular weight excluding hydrogens is 375 g/mol. The highest BCUT2D eigenvalue weighted by atomic mass is 35.5. The zero-order valence-electron chi connectivity index (χ0n) is 13.5. The number of unbranched alkanes of at least 4 members (excludes halogenated alkanes) is 3. The van der Waals surface area contributed by atoms with E-state index in [-0.39, 0.29) is 15.0 Å². The lowest BCUT2D eigenvalue weighted by atomic mass is 10.2. The van der Waals surface area contributed by atoms with E-state index in [0.29, 0.717) is 24.2 Å². The van der Waals surface area contributed by atoms with Crippen LogP contribution in [0.25, 0.3) is 6.08 Å². The Kier molecular flexibility index (Phi) is 10.2. The first-order valence-corrected chi connectivity index (χ1v) is 8.91. The van der Waals surface area contributed by atoms with E-state index in [0.717, 1.165) is 25.7 Å². The van der Waals surface area contributed by atoms with E-state index in [4.69, 9.17) is 32.3 Å². The molecule has 0 saturated heterocycles. The average Bonchev–Trinajstić information content (AvgIpc) is 2.55. The molecule has 1 aromatic rings. The molecule has 0 bridgehead atoms. The lowest BCUT2D eigenvalue weighted by Crippen LogP contribution is -2.07. The summed E-state index contributed by atoms with van der Waals surface area (Å²) in [6, 6.07) is 2.83. The molecule has 0 radical (unpaired) electrons. The molecule has 0 atom stereocenters. The zero-order valence-corrected chi connectivity index (χ0v) is 15.8. The van der Waals surface area contributed by atoms with Gasteiger partial charge in [-0.1, -0.05) is 55.1 Å². The van der Waals surface area contributed by atoms with E-state index in [1.807, 2.05) is 0 Å². The predicted octanol–water partition coefficient (Wildman–Crippen LogP) is 4.76. The van der Waals surface area contributed by atoms with Crippen LogP contribution in [0, 0.1) is 0 Å². The van der Waals surface area contributed by atoms with Crippen LogP contribution in [0.1, 0.15) is 38.2 Å². The molecule has 5 nitrogen and oxygen atoms in total. The fourth-order valence-corrected chi connectivity index (χ4v) is 2.72. The molecule has 0 amide bonds. The molecule has 0 aliphatic rings. The smallest absolute Gasteiger partial charge is 0.347 e. The van der Waals surface area contributed by atoms with Crippen LogP contribution in [-0.2, 0) is 18.8 Å². The highest BCUT2D eigenvalue weighted by Gasteiger charge is 2.14. The minimum absolute atomic E-state index is 0.0290. The highest BCUT2D eigenvalue weighted by molar-refractivity contribution is 7.99. The normalized spacial score (nSPS) is 11.6. The molecule has 0 saturated carbocycles. The fourth-order valence-electron chi connectivity index (χ4n) is 1.77. The van der Waals surface area contributed by atoms with Gasteiger partial charge in [0.1, 0.15) is 4.91 Å². The van der Waals surface area contributed by atoms with Gasteiger partial charge in [0.25, 0.3) is 0 Å². The lowest BCUT2D eigenvalue weighted by molar-refractivity contribution is -0.268. The van der Waals surface area contributed by atoms with Crippen molar-refractivity contribution in [1.82, 2.24) is 0 Å². The van der Waals surface area contributed by atoms with Gasteiger partial charge in [-0.3, -0.25) is 0 Å². The number of esters is 1. The van der Waals surface area contributed by atoms with E-state index >= 15 is 0 Å². The molecule has 0 spiro atoms. The number of rotatable bonds is 10. The number of hydrogen-bond donors (Lipinski definition) is 0. The second-order valence-corrected chi connectivity index (χ2v) is 6.39. The summed E-state index contributed by atoms with van der Waals surface area (Å²) in [5.74, 6) is -1.01. The summed E-state index contributed by atoms with van der Waals surface area (Å²) in [6.07, 6.45) is 5.47. The van der Waals surface area contributed by atoms with Crippen molar-refractivity contribution in [3.05, 3.63) is 32.6 Å². The van der Waals surface area contributed by atoms with Crippen LogP contribution in [-0.4, -0.2) is 19.7 Å². The van der Waals surface area contributed by atoms with Gasteiger partial charge in [-0.05, 0) is 30.2 Å². The van der Waals surface area contributed by atoms with Crippen LogP contribution >= 0.6 is 35.2 Å². The van der Waals surface area contributed by atoms with Crippen molar-refractivity contribution in [2.24, 2.45) is 0 Å². The summed E-state index contributed by atoms with van der Waals surface area (Å²) in [5, 5.41) is 11.5. The Labute approximate surface area is 156 Å². The second kappa shape index (κ2) is 11.6. The maximum Gasteiger partial charge on any atom is 0.347 e. The molecule has 0 N–H and O–H groups in total. The minimum atomic E-state index is -0.549. The Morgan fingerprint density at radius 1 is 1.25 bits per heavy atom. The van der Waals surface area contributed by atoms with Crippen molar-refractivity contribution in [3.63, 3.8) is 0 Å². The Morgan fingerprint density at radius 3 is 2.50 bits per heavy atom. The molecular formula is C16H19Cl2O5S-. The van der Waals surface area contributed by atoms with Gasteiger partial charge in [0.2, 0.25) is 0 Å². The fraction of sp³-hybridized carbons (Fsp3) is 0.438. The largest absolute Gasteiger partial charge is 0.870 e. The Bertz CT molecular complexity index is 555.